The van der Waals surface area contributed by atoms with E-state index >= 15 is 0 Å². The molecule has 1 saturated heterocycles. The van der Waals surface area contributed by atoms with Gasteiger partial charge in [-0.25, -0.2) is 4.98 Å². The molecule has 1 fully saturated rings. The van der Waals surface area contributed by atoms with Gasteiger partial charge in [0, 0.05) is 30.3 Å². The summed E-state index contributed by atoms with van der Waals surface area (Å²) in [5, 5.41) is 4.27. The number of nitrogens with one attached hydrogen (secondary N) is 1. The van der Waals surface area contributed by atoms with Crippen LogP contribution in [-0.4, -0.2) is 31.1 Å². The zero-order valence-corrected chi connectivity index (χ0v) is 17.5. The van der Waals surface area contributed by atoms with Crippen molar-refractivity contribution in [3.05, 3.63) is 77.0 Å². The predicted molar refractivity (Wildman–Crippen MR) is 116 cm³/mol. The molecule has 4 heterocycles. The first-order chi connectivity index (χ1) is 13.5. The highest BCUT2D eigenvalue weighted by Gasteiger charge is 2.40. The zero-order chi connectivity index (χ0) is 19.8. The highest BCUT2D eigenvalue weighted by Crippen LogP contribution is 2.41. The maximum Gasteiger partial charge on any atom is 0.170 e. The number of hydrogen-bond donors (Lipinski definition) is 1. The van der Waals surface area contributed by atoms with Gasteiger partial charge in [0.1, 0.15) is 5.82 Å². The smallest absolute Gasteiger partial charge is 0.170 e. The van der Waals surface area contributed by atoms with Gasteiger partial charge >= 0.3 is 0 Å². The van der Waals surface area contributed by atoms with Crippen molar-refractivity contribution in [1.29, 1.82) is 0 Å². The van der Waals surface area contributed by atoms with E-state index in [9.17, 15) is 0 Å². The molecule has 0 unspecified atom stereocenters. The van der Waals surface area contributed by atoms with Gasteiger partial charge in [-0.2, -0.15) is 0 Å². The fraction of sp³-hybridized carbons (Fsp3) is 0.318. The van der Waals surface area contributed by atoms with E-state index in [1.165, 1.54) is 22.5 Å². The Hall–Kier alpha value is -2.73. The Morgan fingerprint density at radius 2 is 1.89 bits per heavy atom. The van der Waals surface area contributed by atoms with Gasteiger partial charge in [0.15, 0.2) is 5.11 Å². The van der Waals surface area contributed by atoms with Crippen molar-refractivity contribution in [3.63, 3.8) is 0 Å². The number of rotatable bonds is 4. The van der Waals surface area contributed by atoms with Gasteiger partial charge in [-0.15, -0.1) is 0 Å². The van der Waals surface area contributed by atoms with Gasteiger partial charge < -0.3 is 14.8 Å². The first kappa shape index (κ1) is 18.6. The molecule has 4 rings (SSSR count). The van der Waals surface area contributed by atoms with E-state index in [0.717, 1.165) is 23.2 Å². The van der Waals surface area contributed by atoms with E-state index < -0.39 is 0 Å². The van der Waals surface area contributed by atoms with Crippen LogP contribution in [0.15, 0.2) is 48.8 Å². The molecule has 0 bridgehead atoms. The van der Waals surface area contributed by atoms with Crippen LogP contribution in [0.2, 0.25) is 0 Å². The number of likely N-dealkylation sites (N-methyl/N-ethyl adjacent to an activating group) is 1. The molecular weight excluding hydrogens is 366 g/mol. The molecule has 0 aromatic carbocycles. The summed E-state index contributed by atoms with van der Waals surface area (Å²) in [6.45, 7) is 9.37. The van der Waals surface area contributed by atoms with E-state index in [1.54, 1.807) is 0 Å². The number of hydrogen-bond acceptors (Lipinski definition) is 3. The average Bonchev–Trinajstić information content (AvgIpc) is 3.17. The van der Waals surface area contributed by atoms with E-state index in [4.69, 9.17) is 12.2 Å². The fourth-order valence-electron chi connectivity index (χ4n) is 4.17. The summed E-state index contributed by atoms with van der Waals surface area (Å²) in [6.07, 6.45) is 3.70. The van der Waals surface area contributed by atoms with Crippen molar-refractivity contribution in [1.82, 2.24) is 24.8 Å². The van der Waals surface area contributed by atoms with Crippen molar-refractivity contribution in [3.8, 4) is 5.82 Å². The highest BCUT2D eigenvalue weighted by molar-refractivity contribution is 7.80. The Morgan fingerprint density at radius 3 is 2.57 bits per heavy atom. The van der Waals surface area contributed by atoms with E-state index in [1.807, 2.05) is 30.6 Å². The van der Waals surface area contributed by atoms with Crippen molar-refractivity contribution >= 4 is 17.3 Å². The molecule has 1 aliphatic rings. The normalized spacial score (nSPS) is 19.1. The number of aryl methyl sites for hydroxylation is 2. The summed E-state index contributed by atoms with van der Waals surface area (Å²) in [4.78, 5) is 11.5. The number of aromatic nitrogens is 3. The maximum absolute atomic E-state index is 5.66. The van der Waals surface area contributed by atoms with Crippen LogP contribution in [0, 0.1) is 20.8 Å². The molecule has 6 heteroatoms. The van der Waals surface area contributed by atoms with Gasteiger partial charge in [0.25, 0.3) is 0 Å². The molecule has 5 nitrogen and oxygen atoms in total. The Bertz CT molecular complexity index is 1010. The van der Waals surface area contributed by atoms with Crippen molar-refractivity contribution in [2.45, 2.75) is 39.8 Å². The Balaban J connectivity index is 1.84. The van der Waals surface area contributed by atoms with Crippen LogP contribution in [0.4, 0.5) is 0 Å². The summed E-state index contributed by atoms with van der Waals surface area (Å²) in [6, 6.07) is 12.6. The van der Waals surface area contributed by atoms with Gasteiger partial charge in [-0.05, 0) is 81.4 Å². The summed E-state index contributed by atoms with van der Waals surface area (Å²) in [5.41, 5.74) is 5.81. The lowest BCUT2D eigenvalue weighted by Crippen LogP contribution is -2.29. The van der Waals surface area contributed by atoms with E-state index in [-0.39, 0.29) is 12.1 Å². The van der Waals surface area contributed by atoms with Crippen LogP contribution >= 0.6 is 12.2 Å². The van der Waals surface area contributed by atoms with Crippen LogP contribution in [-0.2, 0) is 0 Å². The van der Waals surface area contributed by atoms with Crippen LogP contribution in [0.1, 0.15) is 47.2 Å². The number of nitrogens with zero attached hydrogens (tertiary/aromatic N) is 4. The minimum atomic E-state index is 0.0214. The molecule has 0 aliphatic carbocycles. The molecule has 2 atom stereocenters. The molecule has 0 radical (unpaired) electrons. The summed E-state index contributed by atoms with van der Waals surface area (Å²) in [7, 11) is 0. The van der Waals surface area contributed by atoms with Crippen molar-refractivity contribution in [2.24, 2.45) is 0 Å². The molecule has 1 aliphatic heterocycles. The maximum atomic E-state index is 5.66. The van der Waals surface area contributed by atoms with Crippen LogP contribution in [0.3, 0.4) is 0 Å². The third-order valence-corrected chi connectivity index (χ3v) is 5.81. The quantitative estimate of drug-likeness (QED) is 0.676. The average molecular weight is 392 g/mol. The molecular formula is C22H25N5S. The summed E-state index contributed by atoms with van der Waals surface area (Å²) < 4.78 is 2.23. The first-order valence-corrected chi connectivity index (χ1v) is 10.0. The second-order valence-corrected chi connectivity index (χ2v) is 7.65. The van der Waals surface area contributed by atoms with Crippen LogP contribution in [0.25, 0.3) is 5.82 Å². The molecule has 28 heavy (non-hydrogen) atoms. The lowest BCUT2D eigenvalue weighted by molar-refractivity contribution is 0.329. The van der Waals surface area contributed by atoms with E-state index in [0.29, 0.717) is 0 Å². The second-order valence-electron chi connectivity index (χ2n) is 7.27. The van der Waals surface area contributed by atoms with Gasteiger partial charge in [0.2, 0.25) is 0 Å². The minimum Gasteiger partial charge on any atom is -0.352 e. The highest BCUT2D eigenvalue weighted by atomic mass is 32.1. The summed E-state index contributed by atoms with van der Waals surface area (Å²) >= 11 is 5.66. The third kappa shape index (κ3) is 3.07. The third-order valence-electron chi connectivity index (χ3n) is 5.46. The SMILES string of the molecule is CCN1C(=S)N[C@@H](c2ccccn2)[C@H]1c1cc(C)n(-c2cc(C)ccn2)c1C. The molecule has 144 valence electrons. The monoisotopic (exact) mass is 391 g/mol. The molecule has 0 saturated carbocycles. The molecule has 1 N–H and O–H groups in total. The lowest BCUT2D eigenvalue weighted by Gasteiger charge is -2.27. The zero-order valence-electron chi connectivity index (χ0n) is 16.7. The van der Waals surface area contributed by atoms with Crippen molar-refractivity contribution < 1.29 is 0 Å². The van der Waals surface area contributed by atoms with Crippen LogP contribution in [0.5, 0.6) is 0 Å². The fourth-order valence-corrected chi connectivity index (χ4v) is 4.54. The molecule has 0 spiro atoms. The number of thiocarbonyl (C=S) groups is 1. The Morgan fingerprint density at radius 1 is 1.07 bits per heavy atom. The van der Waals surface area contributed by atoms with Crippen LogP contribution < -0.4 is 5.32 Å². The predicted octanol–water partition coefficient (Wildman–Crippen LogP) is 4.18. The lowest BCUT2D eigenvalue weighted by atomic mass is 9.97. The van der Waals surface area contributed by atoms with Crippen molar-refractivity contribution in [2.75, 3.05) is 6.54 Å². The minimum absolute atomic E-state index is 0.0214. The van der Waals surface area contributed by atoms with Gasteiger partial charge in [-0.3, -0.25) is 4.98 Å². The number of pyridine rings is 2. The second kappa shape index (κ2) is 7.36. The topological polar surface area (TPSA) is 46.0 Å². The van der Waals surface area contributed by atoms with Gasteiger partial charge in [0.05, 0.1) is 17.8 Å². The van der Waals surface area contributed by atoms with E-state index in [2.05, 4.69) is 70.6 Å². The molecule has 3 aromatic rings. The Kier molecular flexibility index (Phi) is 4.89. The standard InChI is InChI=1S/C22H25N5S/c1-5-26-21(20(25-22(26)28)18-8-6-7-10-23-18)17-13-15(3)27(16(17)4)19-12-14(2)9-11-24-19/h6-13,20-21H,5H2,1-4H3,(H,25,28)/t20-,21+/m0/s1. The summed E-state index contributed by atoms with van der Waals surface area (Å²) in [5.74, 6) is 0.951. The molecule has 0 amide bonds. The first-order valence-electron chi connectivity index (χ1n) is 9.61. The molecule has 3 aromatic heterocycles. The Labute approximate surface area is 171 Å². The largest absolute Gasteiger partial charge is 0.352 e. The van der Waals surface area contributed by atoms with Gasteiger partial charge in [-0.1, -0.05) is 6.07 Å².